The van der Waals surface area contributed by atoms with Crippen molar-refractivity contribution in [1.29, 1.82) is 0 Å². The summed E-state index contributed by atoms with van der Waals surface area (Å²) >= 11 is 9.58. The minimum Gasteiger partial charge on any atom is -0.491 e. The molecule has 4 heteroatoms. The minimum atomic E-state index is 0.414. The van der Waals surface area contributed by atoms with E-state index in [1.807, 2.05) is 12.1 Å². The normalized spacial score (nSPS) is 19.5. The summed E-state index contributed by atoms with van der Waals surface area (Å²) in [6, 6.07) is 3.81. The molecule has 1 atom stereocenters. The molecule has 1 aliphatic heterocycles. The van der Waals surface area contributed by atoms with E-state index < -0.39 is 0 Å². The van der Waals surface area contributed by atoms with Crippen molar-refractivity contribution in [3.8, 4) is 5.75 Å². The zero-order valence-corrected chi connectivity index (χ0v) is 10.8. The number of methoxy groups -OCH3 is 1. The Morgan fingerprint density at radius 3 is 3.13 bits per heavy atom. The topological polar surface area (TPSA) is 18.5 Å². The largest absolute Gasteiger partial charge is 0.491 e. The maximum Gasteiger partial charge on any atom is 0.142 e. The van der Waals surface area contributed by atoms with Gasteiger partial charge in [0.05, 0.1) is 18.2 Å². The maximum atomic E-state index is 6.06. The Kier molecular flexibility index (Phi) is 3.54. The van der Waals surface area contributed by atoms with Gasteiger partial charge in [-0.05, 0) is 18.6 Å². The Morgan fingerprint density at radius 1 is 1.60 bits per heavy atom. The van der Waals surface area contributed by atoms with E-state index >= 15 is 0 Å². The Bertz CT molecular complexity index is 368. The molecule has 0 amide bonds. The second kappa shape index (κ2) is 4.73. The van der Waals surface area contributed by atoms with Crippen LogP contribution in [0.3, 0.4) is 0 Å². The molecule has 15 heavy (non-hydrogen) atoms. The summed E-state index contributed by atoms with van der Waals surface area (Å²) in [4.78, 5) is 0. The van der Waals surface area contributed by atoms with Gasteiger partial charge < -0.3 is 9.47 Å². The molecule has 2 nitrogen and oxygen atoms in total. The summed E-state index contributed by atoms with van der Waals surface area (Å²) in [6.07, 6.45) is 0.949. The summed E-state index contributed by atoms with van der Waals surface area (Å²) in [5, 5.41) is 0.684. The van der Waals surface area contributed by atoms with Gasteiger partial charge in [0.1, 0.15) is 5.75 Å². The van der Waals surface area contributed by atoms with Crippen molar-refractivity contribution in [3.05, 3.63) is 27.2 Å². The molecule has 1 heterocycles. The highest BCUT2D eigenvalue weighted by Crippen LogP contribution is 2.38. The van der Waals surface area contributed by atoms with E-state index in [9.17, 15) is 0 Å². The van der Waals surface area contributed by atoms with Crippen LogP contribution in [0.2, 0.25) is 5.02 Å². The zero-order valence-electron chi connectivity index (χ0n) is 8.43. The van der Waals surface area contributed by atoms with Crippen LogP contribution in [0, 0.1) is 5.92 Å². The van der Waals surface area contributed by atoms with Gasteiger partial charge in [-0.25, -0.2) is 0 Å². The van der Waals surface area contributed by atoms with E-state index in [-0.39, 0.29) is 0 Å². The summed E-state index contributed by atoms with van der Waals surface area (Å²) in [5.74, 6) is 1.23. The Morgan fingerprint density at radius 2 is 2.40 bits per heavy atom. The lowest BCUT2D eigenvalue weighted by Gasteiger charge is -2.26. The lowest BCUT2D eigenvalue weighted by atomic mass is 9.97. The van der Waals surface area contributed by atoms with Crippen molar-refractivity contribution in [1.82, 2.24) is 0 Å². The fraction of sp³-hybridized carbons (Fsp3) is 0.455. The smallest absolute Gasteiger partial charge is 0.142 e. The summed E-state index contributed by atoms with van der Waals surface area (Å²) in [5.41, 5.74) is 1.15. The van der Waals surface area contributed by atoms with Gasteiger partial charge in [-0.3, -0.25) is 0 Å². The van der Waals surface area contributed by atoms with Crippen molar-refractivity contribution in [2.75, 3.05) is 20.3 Å². The van der Waals surface area contributed by atoms with Crippen LogP contribution in [0.5, 0.6) is 5.75 Å². The van der Waals surface area contributed by atoms with Crippen molar-refractivity contribution in [2.45, 2.75) is 6.42 Å². The Labute approximate surface area is 103 Å². The molecular formula is C11H12BrClO2. The summed E-state index contributed by atoms with van der Waals surface area (Å²) < 4.78 is 11.9. The number of ether oxygens (including phenoxy) is 2. The molecule has 1 unspecified atom stereocenters. The fourth-order valence-corrected chi connectivity index (χ4v) is 2.52. The van der Waals surface area contributed by atoms with Gasteiger partial charge in [0.25, 0.3) is 0 Å². The zero-order chi connectivity index (χ0) is 10.8. The quantitative estimate of drug-likeness (QED) is 0.832. The van der Waals surface area contributed by atoms with E-state index in [4.69, 9.17) is 21.1 Å². The molecule has 0 aromatic heterocycles. The third-order valence-electron chi connectivity index (χ3n) is 2.51. The average molecular weight is 292 g/mol. The lowest BCUT2D eigenvalue weighted by Crippen LogP contribution is -2.25. The van der Waals surface area contributed by atoms with E-state index in [0.717, 1.165) is 28.8 Å². The van der Waals surface area contributed by atoms with Gasteiger partial charge in [-0.1, -0.05) is 27.5 Å². The highest BCUT2D eigenvalue weighted by molar-refractivity contribution is 9.10. The van der Waals surface area contributed by atoms with Crippen LogP contribution in [0.15, 0.2) is 16.6 Å². The molecule has 2 rings (SSSR count). The third-order valence-corrected chi connectivity index (χ3v) is 3.55. The standard InChI is InChI=1S/C11H12BrClO2/c1-14-5-7-4-8-9(12)2-3-10(13)11(8)15-6-7/h2-3,7H,4-6H2,1H3. The molecule has 0 radical (unpaired) electrons. The van der Waals surface area contributed by atoms with Crippen LogP contribution in [0.1, 0.15) is 5.56 Å². The van der Waals surface area contributed by atoms with Gasteiger partial charge in [0.2, 0.25) is 0 Å². The molecule has 0 bridgehead atoms. The van der Waals surface area contributed by atoms with E-state index in [2.05, 4.69) is 15.9 Å². The van der Waals surface area contributed by atoms with Crippen LogP contribution in [0.25, 0.3) is 0 Å². The first-order valence-electron chi connectivity index (χ1n) is 4.81. The first-order chi connectivity index (χ1) is 7.22. The molecule has 0 saturated carbocycles. The molecular weight excluding hydrogens is 279 g/mol. The SMILES string of the molecule is COCC1COc2c(Cl)ccc(Br)c2C1. The molecule has 1 aromatic rings. The number of rotatable bonds is 2. The molecule has 0 spiro atoms. The second-order valence-corrected chi connectivity index (χ2v) is 4.93. The van der Waals surface area contributed by atoms with Crippen LogP contribution in [-0.2, 0) is 11.2 Å². The van der Waals surface area contributed by atoms with Gasteiger partial charge in [-0.15, -0.1) is 0 Å². The van der Waals surface area contributed by atoms with Crippen LogP contribution < -0.4 is 4.74 Å². The second-order valence-electron chi connectivity index (χ2n) is 3.67. The van der Waals surface area contributed by atoms with E-state index in [1.165, 1.54) is 0 Å². The number of hydrogen-bond donors (Lipinski definition) is 0. The molecule has 0 N–H and O–H groups in total. The Balaban J connectivity index is 2.28. The Hall–Kier alpha value is -0.250. The van der Waals surface area contributed by atoms with Gasteiger partial charge in [-0.2, -0.15) is 0 Å². The average Bonchev–Trinajstić information content (AvgIpc) is 2.24. The highest BCUT2D eigenvalue weighted by Gasteiger charge is 2.23. The molecule has 82 valence electrons. The first-order valence-corrected chi connectivity index (χ1v) is 5.98. The number of hydrogen-bond acceptors (Lipinski definition) is 2. The molecule has 0 fully saturated rings. The number of benzene rings is 1. The number of fused-ring (bicyclic) bond motifs is 1. The predicted octanol–water partition coefficient (Wildman–Crippen LogP) is 3.30. The molecule has 0 saturated heterocycles. The molecule has 1 aliphatic rings. The molecule has 0 aliphatic carbocycles. The van der Waals surface area contributed by atoms with Crippen LogP contribution >= 0.6 is 27.5 Å². The first kappa shape index (κ1) is 11.2. The van der Waals surface area contributed by atoms with Crippen LogP contribution in [-0.4, -0.2) is 20.3 Å². The van der Waals surface area contributed by atoms with Crippen LogP contribution in [0.4, 0.5) is 0 Å². The van der Waals surface area contributed by atoms with Gasteiger partial charge in [0.15, 0.2) is 0 Å². The van der Waals surface area contributed by atoms with E-state index in [1.54, 1.807) is 7.11 Å². The van der Waals surface area contributed by atoms with Crippen molar-refractivity contribution in [3.63, 3.8) is 0 Å². The minimum absolute atomic E-state index is 0.414. The van der Waals surface area contributed by atoms with Crippen molar-refractivity contribution < 1.29 is 9.47 Å². The van der Waals surface area contributed by atoms with E-state index in [0.29, 0.717) is 17.5 Å². The summed E-state index contributed by atoms with van der Waals surface area (Å²) in [6.45, 7) is 1.40. The monoisotopic (exact) mass is 290 g/mol. The fourth-order valence-electron chi connectivity index (χ4n) is 1.81. The maximum absolute atomic E-state index is 6.06. The molecule has 1 aromatic carbocycles. The third kappa shape index (κ3) is 2.30. The predicted molar refractivity (Wildman–Crippen MR) is 63.7 cm³/mol. The summed E-state index contributed by atoms with van der Waals surface area (Å²) in [7, 11) is 1.71. The van der Waals surface area contributed by atoms with Gasteiger partial charge >= 0.3 is 0 Å². The van der Waals surface area contributed by atoms with Crippen molar-refractivity contribution in [2.24, 2.45) is 5.92 Å². The number of halogens is 2. The lowest BCUT2D eigenvalue weighted by molar-refractivity contribution is 0.107. The van der Waals surface area contributed by atoms with Crippen molar-refractivity contribution >= 4 is 27.5 Å². The van der Waals surface area contributed by atoms with Gasteiger partial charge in [0, 0.05) is 23.1 Å². The highest BCUT2D eigenvalue weighted by atomic mass is 79.9.